The molecular weight excluding hydrogens is 260 g/mol. The van der Waals surface area contributed by atoms with Crippen LogP contribution in [-0.2, 0) is 5.41 Å². The van der Waals surface area contributed by atoms with Crippen molar-refractivity contribution >= 4 is 18.2 Å². The van der Waals surface area contributed by atoms with E-state index in [9.17, 15) is 0 Å². The number of benzene rings is 1. The van der Waals surface area contributed by atoms with E-state index in [0.717, 1.165) is 16.9 Å². The summed E-state index contributed by atoms with van der Waals surface area (Å²) in [6.07, 6.45) is 0.127. The molecule has 1 heterocycles. The third-order valence-electron chi connectivity index (χ3n) is 3.67. The molecule has 106 valence electrons. The summed E-state index contributed by atoms with van der Waals surface area (Å²) in [5.74, 6) is 1.03. The summed E-state index contributed by atoms with van der Waals surface area (Å²) >= 11 is 0. The molecule has 1 aromatic carbocycles. The molecule has 0 aliphatic carbocycles. The number of hydrogen-bond acceptors (Lipinski definition) is 2. The zero-order chi connectivity index (χ0) is 13.7. The fraction of sp³-hybridized carbons (Fsp3) is 0.533. The van der Waals surface area contributed by atoms with E-state index in [4.69, 9.17) is 15.9 Å². The van der Waals surface area contributed by atoms with Crippen LogP contribution < -0.4 is 10.5 Å². The predicted molar refractivity (Wildman–Crippen MR) is 81.6 cm³/mol. The second kappa shape index (κ2) is 4.71. The van der Waals surface area contributed by atoms with Gasteiger partial charge in [0.2, 0.25) is 0 Å². The maximum Gasteiger partial charge on any atom is 0.123 e. The second-order valence-corrected chi connectivity index (χ2v) is 6.71. The predicted octanol–water partition coefficient (Wildman–Crippen LogP) is 3.48. The number of amidine groups is 1. The van der Waals surface area contributed by atoms with Crippen LogP contribution in [0.4, 0.5) is 0 Å². The van der Waals surface area contributed by atoms with Gasteiger partial charge in [-0.2, -0.15) is 0 Å². The van der Waals surface area contributed by atoms with E-state index in [1.165, 1.54) is 0 Å². The first-order valence-electron chi connectivity index (χ1n) is 6.29. The lowest BCUT2D eigenvalue weighted by Crippen LogP contribution is -2.42. The zero-order valence-electron chi connectivity index (χ0n) is 12.2. The standard InChI is InChI=1S/C15H22N2O.ClH/c1-14(2,3)13-15(4,5)10-8-9(12(16)17)6-7-11(10)18-13;/h6-8,13H,1-5H3,(H3,16,17);1H. The number of nitrogens with two attached hydrogens (primary N) is 1. The fourth-order valence-corrected chi connectivity index (χ4v) is 2.98. The van der Waals surface area contributed by atoms with E-state index >= 15 is 0 Å². The lowest BCUT2D eigenvalue weighted by atomic mass is 9.71. The first-order valence-corrected chi connectivity index (χ1v) is 6.29. The minimum Gasteiger partial charge on any atom is -0.489 e. The van der Waals surface area contributed by atoms with Gasteiger partial charge >= 0.3 is 0 Å². The Bertz CT molecular complexity index is 503. The molecule has 1 aliphatic heterocycles. The van der Waals surface area contributed by atoms with E-state index in [-0.39, 0.29) is 35.2 Å². The average Bonchev–Trinajstić information content (AvgIpc) is 2.50. The molecule has 1 aliphatic rings. The Morgan fingerprint density at radius 1 is 1.32 bits per heavy atom. The van der Waals surface area contributed by atoms with Gasteiger partial charge in [-0.05, 0) is 23.6 Å². The number of rotatable bonds is 1. The summed E-state index contributed by atoms with van der Waals surface area (Å²) in [5, 5.41) is 7.54. The van der Waals surface area contributed by atoms with Gasteiger partial charge in [0.05, 0.1) is 0 Å². The van der Waals surface area contributed by atoms with Crippen molar-refractivity contribution in [1.29, 1.82) is 5.41 Å². The highest BCUT2D eigenvalue weighted by Crippen LogP contribution is 2.48. The summed E-state index contributed by atoms with van der Waals surface area (Å²) in [6, 6.07) is 5.77. The Hall–Kier alpha value is -1.22. The van der Waals surface area contributed by atoms with Crippen LogP contribution in [0.15, 0.2) is 18.2 Å². The molecule has 0 aromatic heterocycles. The molecule has 19 heavy (non-hydrogen) atoms. The number of nitrogens with one attached hydrogen (secondary N) is 1. The first kappa shape index (κ1) is 15.8. The normalized spacial score (nSPS) is 20.2. The van der Waals surface area contributed by atoms with Gasteiger partial charge < -0.3 is 10.5 Å². The van der Waals surface area contributed by atoms with Crippen molar-refractivity contribution in [3.05, 3.63) is 29.3 Å². The molecule has 0 amide bonds. The van der Waals surface area contributed by atoms with Crippen LogP contribution in [-0.4, -0.2) is 11.9 Å². The highest BCUT2D eigenvalue weighted by atomic mass is 35.5. The van der Waals surface area contributed by atoms with Crippen LogP contribution in [0.1, 0.15) is 45.7 Å². The average molecular weight is 283 g/mol. The molecule has 0 bridgehead atoms. The lowest BCUT2D eigenvalue weighted by Gasteiger charge is -2.36. The smallest absolute Gasteiger partial charge is 0.123 e. The molecule has 2 rings (SSSR count). The highest BCUT2D eigenvalue weighted by Gasteiger charge is 2.47. The Kier molecular flexibility index (Phi) is 3.93. The van der Waals surface area contributed by atoms with Crippen molar-refractivity contribution in [2.75, 3.05) is 0 Å². The van der Waals surface area contributed by atoms with Crippen molar-refractivity contribution in [1.82, 2.24) is 0 Å². The molecule has 0 saturated carbocycles. The van der Waals surface area contributed by atoms with Gasteiger partial charge in [-0.1, -0.05) is 34.6 Å². The van der Waals surface area contributed by atoms with Crippen molar-refractivity contribution in [2.45, 2.75) is 46.1 Å². The Labute approximate surface area is 121 Å². The highest BCUT2D eigenvalue weighted by molar-refractivity contribution is 5.95. The van der Waals surface area contributed by atoms with Gasteiger partial charge in [-0.25, -0.2) is 0 Å². The van der Waals surface area contributed by atoms with E-state index in [1.54, 1.807) is 0 Å². The van der Waals surface area contributed by atoms with Crippen LogP contribution >= 0.6 is 12.4 Å². The molecule has 0 radical (unpaired) electrons. The monoisotopic (exact) mass is 282 g/mol. The number of hydrogen-bond donors (Lipinski definition) is 2. The van der Waals surface area contributed by atoms with Gasteiger partial charge in [0, 0.05) is 16.5 Å². The van der Waals surface area contributed by atoms with E-state index in [1.807, 2.05) is 18.2 Å². The van der Waals surface area contributed by atoms with E-state index in [2.05, 4.69) is 34.6 Å². The minimum absolute atomic E-state index is 0. The van der Waals surface area contributed by atoms with E-state index in [0.29, 0.717) is 0 Å². The topological polar surface area (TPSA) is 59.1 Å². The molecule has 1 atom stereocenters. The second-order valence-electron chi connectivity index (χ2n) is 6.71. The molecule has 3 nitrogen and oxygen atoms in total. The molecule has 0 fully saturated rings. The van der Waals surface area contributed by atoms with Crippen LogP contribution in [0.25, 0.3) is 0 Å². The largest absolute Gasteiger partial charge is 0.489 e. The van der Waals surface area contributed by atoms with Crippen molar-refractivity contribution in [3.63, 3.8) is 0 Å². The Morgan fingerprint density at radius 3 is 2.37 bits per heavy atom. The van der Waals surface area contributed by atoms with Gasteiger partial charge in [0.1, 0.15) is 17.7 Å². The van der Waals surface area contributed by atoms with Crippen molar-refractivity contribution < 1.29 is 4.74 Å². The van der Waals surface area contributed by atoms with Gasteiger partial charge in [-0.3, -0.25) is 5.41 Å². The molecule has 1 aromatic rings. The quantitative estimate of drug-likeness (QED) is 0.612. The Morgan fingerprint density at radius 2 is 1.89 bits per heavy atom. The minimum atomic E-state index is -0.0704. The molecular formula is C15H23ClN2O. The lowest BCUT2D eigenvalue weighted by molar-refractivity contribution is 0.0562. The Balaban J connectivity index is 0.00000180. The third-order valence-corrected chi connectivity index (χ3v) is 3.67. The molecule has 0 spiro atoms. The molecule has 0 saturated heterocycles. The third kappa shape index (κ3) is 2.57. The fourth-order valence-electron chi connectivity index (χ4n) is 2.98. The molecule has 3 N–H and O–H groups in total. The van der Waals surface area contributed by atoms with Gasteiger partial charge in [-0.15, -0.1) is 12.4 Å². The molecule has 4 heteroatoms. The summed E-state index contributed by atoms with van der Waals surface area (Å²) in [7, 11) is 0. The van der Waals surface area contributed by atoms with Gasteiger partial charge in [0.15, 0.2) is 0 Å². The summed E-state index contributed by atoms with van der Waals surface area (Å²) in [5.41, 5.74) is 7.47. The number of halogens is 1. The first-order chi connectivity index (χ1) is 8.14. The van der Waals surface area contributed by atoms with Crippen LogP contribution in [0, 0.1) is 10.8 Å². The number of fused-ring (bicyclic) bond motifs is 1. The summed E-state index contributed by atoms with van der Waals surface area (Å²) in [6.45, 7) is 11.0. The van der Waals surface area contributed by atoms with Crippen LogP contribution in [0.2, 0.25) is 0 Å². The summed E-state index contributed by atoms with van der Waals surface area (Å²) < 4.78 is 6.11. The number of nitrogen functional groups attached to an aromatic ring is 1. The molecule has 1 unspecified atom stereocenters. The SMILES string of the molecule is CC(C)(C)C1Oc2ccc(C(=N)N)cc2C1(C)C.Cl. The van der Waals surface area contributed by atoms with Crippen molar-refractivity contribution in [3.8, 4) is 5.75 Å². The van der Waals surface area contributed by atoms with Crippen molar-refractivity contribution in [2.24, 2.45) is 11.1 Å². The van der Waals surface area contributed by atoms with Gasteiger partial charge in [0.25, 0.3) is 0 Å². The van der Waals surface area contributed by atoms with Crippen LogP contribution in [0.5, 0.6) is 5.75 Å². The maximum atomic E-state index is 7.54. The number of ether oxygens (including phenoxy) is 1. The summed E-state index contributed by atoms with van der Waals surface area (Å²) in [4.78, 5) is 0. The zero-order valence-corrected chi connectivity index (χ0v) is 13.0. The van der Waals surface area contributed by atoms with E-state index < -0.39 is 0 Å². The van der Waals surface area contributed by atoms with Crippen LogP contribution in [0.3, 0.4) is 0 Å². The maximum absolute atomic E-state index is 7.54.